The highest BCUT2D eigenvalue weighted by atomic mass is 32.2. The quantitative estimate of drug-likeness (QED) is 0.756. The Kier molecular flexibility index (Phi) is 6.56. The summed E-state index contributed by atoms with van der Waals surface area (Å²) in [5, 5.41) is 20.7. The van der Waals surface area contributed by atoms with E-state index in [2.05, 4.69) is 11.4 Å². The van der Waals surface area contributed by atoms with E-state index in [-0.39, 0.29) is 18.1 Å². The second-order valence-corrected chi connectivity index (χ2v) is 5.91. The van der Waals surface area contributed by atoms with Gasteiger partial charge in [-0.1, -0.05) is 6.92 Å². The molecule has 1 unspecified atom stereocenters. The highest BCUT2D eigenvalue weighted by molar-refractivity contribution is 8.00. The van der Waals surface area contributed by atoms with Gasteiger partial charge in [-0.05, 0) is 44.0 Å². The van der Waals surface area contributed by atoms with Crippen molar-refractivity contribution in [1.29, 1.82) is 5.26 Å². The number of hydrogen-bond donors (Lipinski definition) is 2. The molecule has 0 bridgehead atoms. The molecule has 1 rings (SSSR count). The molecule has 20 heavy (non-hydrogen) atoms. The average Bonchev–Trinajstić information content (AvgIpc) is 2.46. The third-order valence-electron chi connectivity index (χ3n) is 3.24. The lowest BCUT2D eigenvalue weighted by atomic mass is 9.95. The van der Waals surface area contributed by atoms with E-state index in [1.54, 1.807) is 12.1 Å². The standard InChI is InChI=1S/C15H20N2O2S/c1-3-15(2,8-9-18)17-14(19)11-20-13-6-4-12(10-16)5-7-13/h4-7,18H,3,8-9,11H2,1-2H3,(H,17,19). The molecule has 0 radical (unpaired) electrons. The number of rotatable bonds is 7. The van der Waals surface area contributed by atoms with Crippen molar-refractivity contribution < 1.29 is 9.90 Å². The second kappa shape index (κ2) is 7.93. The average molecular weight is 292 g/mol. The molecule has 0 aromatic heterocycles. The van der Waals surface area contributed by atoms with E-state index in [1.165, 1.54) is 11.8 Å². The molecule has 1 aromatic carbocycles. The maximum absolute atomic E-state index is 11.9. The fourth-order valence-electron chi connectivity index (χ4n) is 1.72. The number of thioether (sulfide) groups is 1. The molecule has 1 aromatic rings. The molecular weight excluding hydrogens is 272 g/mol. The Morgan fingerprint density at radius 2 is 2.10 bits per heavy atom. The number of nitrogens with zero attached hydrogens (tertiary/aromatic N) is 1. The van der Waals surface area contributed by atoms with Crippen molar-refractivity contribution in [2.45, 2.75) is 37.1 Å². The van der Waals surface area contributed by atoms with Gasteiger partial charge in [0, 0.05) is 17.0 Å². The summed E-state index contributed by atoms with van der Waals surface area (Å²) in [6.45, 7) is 3.99. The monoisotopic (exact) mass is 292 g/mol. The highest BCUT2D eigenvalue weighted by Crippen LogP contribution is 2.19. The Morgan fingerprint density at radius 1 is 1.45 bits per heavy atom. The Hall–Kier alpha value is -1.51. The van der Waals surface area contributed by atoms with Crippen LogP contribution in [0.25, 0.3) is 0 Å². The lowest BCUT2D eigenvalue weighted by molar-refractivity contribution is -0.120. The van der Waals surface area contributed by atoms with Gasteiger partial charge in [-0.3, -0.25) is 4.79 Å². The molecule has 0 heterocycles. The predicted molar refractivity (Wildman–Crippen MR) is 80.4 cm³/mol. The van der Waals surface area contributed by atoms with Crippen LogP contribution in [0.2, 0.25) is 0 Å². The zero-order valence-electron chi connectivity index (χ0n) is 11.8. The fraction of sp³-hybridized carbons (Fsp3) is 0.467. The van der Waals surface area contributed by atoms with Crippen molar-refractivity contribution in [2.24, 2.45) is 0 Å². The van der Waals surface area contributed by atoms with E-state index < -0.39 is 0 Å². The Balaban J connectivity index is 2.48. The summed E-state index contributed by atoms with van der Waals surface area (Å²) in [5.41, 5.74) is 0.261. The van der Waals surface area contributed by atoms with Crippen LogP contribution in [0.1, 0.15) is 32.3 Å². The largest absolute Gasteiger partial charge is 0.396 e. The van der Waals surface area contributed by atoms with Crippen LogP contribution in [0, 0.1) is 11.3 Å². The van der Waals surface area contributed by atoms with E-state index >= 15 is 0 Å². The van der Waals surface area contributed by atoms with Crippen molar-refractivity contribution in [3.05, 3.63) is 29.8 Å². The van der Waals surface area contributed by atoms with Crippen LogP contribution in [0.3, 0.4) is 0 Å². The summed E-state index contributed by atoms with van der Waals surface area (Å²) in [6.07, 6.45) is 1.33. The lowest BCUT2D eigenvalue weighted by Gasteiger charge is -2.28. The first-order valence-corrected chi connectivity index (χ1v) is 7.56. The number of hydrogen-bond acceptors (Lipinski definition) is 4. The third-order valence-corrected chi connectivity index (χ3v) is 4.25. The zero-order chi connectivity index (χ0) is 15.0. The molecule has 0 saturated heterocycles. The smallest absolute Gasteiger partial charge is 0.230 e. The Morgan fingerprint density at radius 3 is 2.60 bits per heavy atom. The topological polar surface area (TPSA) is 73.1 Å². The number of amides is 1. The second-order valence-electron chi connectivity index (χ2n) is 4.86. The molecule has 0 spiro atoms. The first kappa shape index (κ1) is 16.5. The molecular formula is C15H20N2O2S. The molecule has 0 aliphatic heterocycles. The first-order valence-electron chi connectivity index (χ1n) is 6.58. The SMILES string of the molecule is CCC(C)(CCO)NC(=O)CSc1ccc(C#N)cc1. The van der Waals surface area contributed by atoms with Crippen molar-refractivity contribution in [1.82, 2.24) is 5.32 Å². The van der Waals surface area contributed by atoms with Gasteiger partial charge in [-0.25, -0.2) is 0 Å². The van der Waals surface area contributed by atoms with Crippen molar-refractivity contribution >= 4 is 17.7 Å². The molecule has 0 fully saturated rings. The summed E-state index contributed by atoms with van der Waals surface area (Å²) < 4.78 is 0. The summed E-state index contributed by atoms with van der Waals surface area (Å²) >= 11 is 1.43. The summed E-state index contributed by atoms with van der Waals surface area (Å²) in [5.74, 6) is 0.282. The summed E-state index contributed by atoms with van der Waals surface area (Å²) in [6, 6.07) is 9.21. The minimum atomic E-state index is -0.350. The number of carbonyl (C=O) groups is 1. The Bertz CT molecular complexity index is 482. The van der Waals surface area contributed by atoms with Gasteiger partial charge in [-0.2, -0.15) is 5.26 Å². The van der Waals surface area contributed by atoms with E-state index in [1.807, 2.05) is 26.0 Å². The van der Waals surface area contributed by atoms with Crippen LogP contribution in [-0.2, 0) is 4.79 Å². The van der Waals surface area contributed by atoms with Crippen LogP contribution < -0.4 is 5.32 Å². The van der Waals surface area contributed by atoms with Gasteiger partial charge in [0.15, 0.2) is 0 Å². The fourth-order valence-corrected chi connectivity index (χ4v) is 2.42. The maximum atomic E-state index is 11.9. The number of nitriles is 1. The molecule has 0 aliphatic rings. The molecule has 1 atom stereocenters. The van der Waals surface area contributed by atoms with Crippen LogP contribution in [0.5, 0.6) is 0 Å². The third kappa shape index (κ3) is 5.24. The van der Waals surface area contributed by atoms with Gasteiger partial charge in [0.25, 0.3) is 0 Å². The van der Waals surface area contributed by atoms with Crippen LogP contribution >= 0.6 is 11.8 Å². The van der Waals surface area contributed by atoms with Gasteiger partial charge >= 0.3 is 0 Å². The van der Waals surface area contributed by atoms with Crippen LogP contribution in [-0.4, -0.2) is 28.9 Å². The van der Waals surface area contributed by atoms with Gasteiger partial charge in [0.1, 0.15) is 0 Å². The van der Waals surface area contributed by atoms with E-state index in [9.17, 15) is 4.79 Å². The molecule has 4 nitrogen and oxygen atoms in total. The first-order chi connectivity index (χ1) is 9.53. The maximum Gasteiger partial charge on any atom is 0.230 e. The summed E-state index contributed by atoms with van der Waals surface area (Å²) in [4.78, 5) is 12.9. The van der Waals surface area contributed by atoms with E-state index in [0.717, 1.165) is 11.3 Å². The van der Waals surface area contributed by atoms with Crippen molar-refractivity contribution in [3.63, 3.8) is 0 Å². The normalized spacial score (nSPS) is 13.3. The van der Waals surface area contributed by atoms with Gasteiger partial charge < -0.3 is 10.4 Å². The van der Waals surface area contributed by atoms with E-state index in [0.29, 0.717) is 17.7 Å². The number of carbonyl (C=O) groups excluding carboxylic acids is 1. The number of aliphatic hydroxyl groups excluding tert-OH is 1. The highest BCUT2D eigenvalue weighted by Gasteiger charge is 2.23. The predicted octanol–water partition coefficient (Wildman–Crippen LogP) is 2.32. The number of aliphatic hydroxyl groups is 1. The molecule has 1 amide bonds. The number of nitrogens with one attached hydrogen (secondary N) is 1. The van der Waals surface area contributed by atoms with Gasteiger partial charge in [-0.15, -0.1) is 11.8 Å². The Labute approximate surface area is 124 Å². The minimum Gasteiger partial charge on any atom is -0.396 e. The van der Waals surface area contributed by atoms with Gasteiger partial charge in [0.2, 0.25) is 5.91 Å². The molecule has 0 saturated carbocycles. The van der Waals surface area contributed by atoms with Crippen LogP contribution in [0.15, 0.2) is 29.2 Å². The van der Waals surface area contributed by atoms with Crippen LogP contribution in [0.4, 0.5) is 0 Å². The molecule has 5 heteroatoms. The molecule has 2 N–H and O–H groups in total. The summed E-state index contributed by atoms with van der Waals surface area (Å²) in [7, 11) is 0. The van der Waals surface area contributed by atoms with Crippen molar-refractivity contribution in [3.8, 4) is 6.07 Å². The number of benzene rings is 1. The molecule has 108 valence electrons. The zero-order valence-corrected chi connectivity index (χ0v) is 12.7. The van der Waals surface area contributed by atoms with Gasteiger partial charge in [0.05, 0.1) is 17.4 Å². The van der Waals surface area contributed by atoms with E-state index in [4.69, 9.17) is 10.4 Å². The lowest BCUT2D eigenvalue weighted by Crippen LogP contribution is -2.46. The molecule has 0 aliphatic carbocycles. The minimum absolute atomic E-state index is 0.0443. The van der Waals surface area contributed by atoms with Crippen molar-refractivity contribution in [2.75, 3.05) is 12.4 Å².